The van der Waals surface area contributed by atoms with E-state index in [0.29, 0.717) is 22.7 Å². The van der Waals surface area contributed by atoms with Gasteiger partial charge in [0.15, 0.2) is 0 Å². The van der Waals surface area contributed by atoms with Gasteiger partial charge in [-0.05, 0) is 73.7 Å². The Kier molecular flexibility index (Phi) is 10.5. The summed E-state index contributed by atoms with van der Waals surface area (Å²) >= 11 is 0. The number of alkyl carbamates (subject to hydrolysis) is 1. The van der Waals surface area contributed by atoms with Gasteiger partial charge >= 0.3 is 18.0 Å². The van der Waals surface area contributed by atoms with Crippen LogP contribution in [0.3, 0.4) is 0 Å². The highest BCUT2D eigenvalue weighted by Gasteiger charge is 2.21. The SMILES string of the molecule is CC(C)[C@H](N)C(=O)OCc1cc2cc(COc3ccccc3CC(=O)O)cc(-c3cccc(CNC(=O)OC(C)(C)C)c3)c2o1. The molecule has 3 aromatic carbocycles. The first kappa shape index (κ1) is 33.1. The van der Waals surface area contributed by atoms with Crippen LogP contribution in [0.4, 0.5) is 4.79 Å². The summed E-state index contributed by atoms with van der Waals surface area (Å²) in [5, 5.41) is 12.8. The van der Waals surface area contributed by atoms with Crippen molar-refractivity contribution in [1.29, 1.82) is 0 Å². The number of rotatable bonds is 12. The Labute approximate surface area is 262 Å². The van der Waals surface area contributed by atoms with Gasteiger partial charge in [-0.15, -0.1) is 0 Å². The first-order valence-corrected chi connectivity index (χ1v) is 14.8. The van der Waals surface area contributed by atoms with Crippen LogP contribution in [-0.2, 0) is 45.2 Å². The lowest BCUT2D eigenvalue weighted by molar-refractivity contribution is -0.148. The summed E-state index contributed by atoms with van der Waals surface area (Å²) in [5.74, 6) is -0.594. The minimum atomic E-state index is -0.947. The molecule has 10 nitrogen and oxygen atoms in total. The Balaban J connectivity index is 1.65. The van der Waals surface area contributed by atoms with Gasteiger partial charge < -0.3 is 34.8 Å². The summed E-state index contributed by atoms with van der Waals surface area (Å²) in [7, 11) is 0. The van der Waals surface area contributed by atoms with Crippen molar-refractivity contribution in [1.82, 2.24) is 5.32 Å². The van der Waals surface area contributed by atoms with Crippen molar-refractivity contribution >= 4 is 29.0 Å². The maximum Gasteiger partial charge on any atom is 0.407 e. The lowest BCUT2D eigenvalue weighted by Gasteiger charge is -2.19. The quantitative estimate of drug-likeness (QED) is 0.155. The van der Waals surface area contributed by atoms with Gasteiger partial charge in [-0.3, -0.25) is 9.59 Å². The second-order valence-electron chi connectivity index (χ2n) is 12.2. The average molecular weight is 617 g/mol. The van der Waals surface area contributed by atoms with Crippen LogP contribution in [0.25, 0.3) is 22.1 Å². The topological polar surface area (TPSA) is 150 Å². The van der Waals surface area contributed by atoms with Crippen molar-refractivity contribution < 1.29 is 38.1 Å². The van der Waals surface area contributed by atoms with Gasteiger partial charge in [-0.1, -0.05) is 50.2 Å². The predicted molar refractivity (Wildman–Crippen MR) is 169 cm³/mol. The van der Waals surface area contributed by atoms with Crippen LogP contribution in [0.15, 0.2) is 71.1 Å². The molecule has 4 rings (SSSR count). The highest BCUT2D eigenvalue weighted by Crippen LogP contribution is 2.34. The zero-order valence-electron chi connectivity index (χ0n) is 26.2. The zero-order chi connectivity index (χ0) is 32.7. The number of carboxylic acid groups (broad SMARTS) is 1. The third kappa shape index (κ3) is 9.33. The second-order valence-corrected chi connectivity index (χ2v) is 12.2. The van der Waals surface area contributed by atoms with Gasteiger partial charge in [-0.2, -0.15) is 0 Å². The first-order valence-electron chi connectivity index (χ1n) is 14.8. The normalized spacial score (nSPS) is 12.2. The molecule has 0 aliphatic rings. The minimum Gasteiger partial charge on any atom is -0.489 e. The van der Waals surface area contributed by atoms with E-state index in [4.69, 9.17) is 24.4 Å². The van der Waals surface area contributed by atoms with Crippen molar-refractivity contribution in [2.75, 3.05) is 0 Å². The number of para-hydroxylation sites is 1. The van der Waals surface area contributed by atoms with Gasteiger partial charge in [0.1, 0.15) is 41.9 Å². The van der Waals surface area contributed by atoms with E-state index in [2.05, 4.69) is 5.32 Å². The predicted octanol–water partition coefficient (Wildman–Crippen LogP) is 6.36. The number of ether oxygens (including phenoxy) is 3. The summed E-state index contributed by atoms with van der Waals surface area (Å²) in [5.41, 5.74) is 9.74. The number of hydrogen-bond acceptors (Lipinski definition) is 8. The molecule has 1 heterocycles. The molecule has 1 amide bonds. The number of amides is 1. The van der Waals surface area contributed by atoms with Crippen LogP contribution < -0.4 is 15.8 Å². The molecule has 0 bridgehead atoms. The maximum atomic E-state index is 12.4. The third-order valence-corrected chi connectivity index (χ3v) is 6.86. The number of aliphatic carboxylic acids is 1. The fraction of sp³-hybridized carbons (Fsp3) is 0.343. The van der Waals surface area contributed by atoms with Gasteiger partial charge in [0.2, 0.25) is 0 Å². The van der Waals surface area contributed by atoms with E-state index >= 15 is 0 Å². The molecule has 0 saturated heterocycles. The molecule has 0 saturated carbocycles. The molecule has 4 aromatic rings. The van der Waals surface area contributed by atoms with E-state index in [0.717, 1.165) is 27.6 Å². The van der Waals surface area contributed by atoms with Crippen LogP contribution in [-0.4, -0.2) is 34.8 Å². The number of furan rings is 1. The average Bonchev–Trinajstić information content (AvgIpc) is 3.39. The van der Waals surface area contributed by atoms with Crippen molar-refractivity contribution in [2.45, 2.75) is 72.4 Å². The van der Waals surface area contributed by atoms with Gasteiger partial charge in [0.05, 0.1) is 6.42 Å². The molecule has 0 unspecified atom stereocenters. The van der Waals surface area contributed by atoms with Gasteiger partial charge in [0, 0.05) is 23.1 Å². The van der Waals surface area contributed by atoms with Crippen molar-refractivity contribution in [2.24, 2.45) is 11.7 Å². The van der Waals surface area contributed by atoms with Crippen LogP contribution >= 0.6 is 0 Å². The van der Waals surface area contributed by atoms with Crippen LogP contribution in [0.2, 0.25) is 0 Å². The van der Waals surface area contributed by atoms with Crippen LogP contribution in [0, 0.1) is 5.92 Å². The summed E-state index contributed by atoms with van der Waals surface area (Å²) in [4.78, 5) is 36.0. The maximum absolute atomic E-state index is 12.4. The Hall–Kier alpha value is -4.83. The van der Waals surface area contributed by atoms with E-state index in [9.17, 15) is 19.5 Å². The number of fused-ring (bicyclic) bond motifs is 1. The number of esters is 1. The highest BCUT2D eigenvalue weighted by molar-refractivity contribution is 5.94. The Morgan fingerprint density at radius 2 is 1.71 bits per heavy atom. The largest absolute Gasteiger partial charge is 0.489 e. The molecule has 0 radical (unpaired) electrons. The monoisotopic (exact) mass is 616 g/mol. The molecular formula is C35H40N2O8. The Morgan fingerprint density at radius 1 is 0.956 bits per heavy atom. The highest BCUT2D eigenvalue weighted by atomic mass is 16.6. The number of hydrogen-bond donors (Lipinski definition) is 3. The standard InChI is InChI=1S/C35H40N2O8/c1-21(2)31(36)33(40)43-20-27-16-26-14-23(19-42-29-12-7-6-10-25(29)17-30(38)39)15-28(32(26)44-27)24-11-8-9-22(13-24)18-37-34(41)45-35(3,4)5/h6-16,21,31H,17-20,36H2,1-5H3,(H,37,41)(H,38,39)/t31-/m0/s1. The number of nitrogens with one attached hydrogen (secondary N) is 1. The van der Waals surface area contributed by atoms with E-state index < -0.39 is 29.7 Å². The second kappa shape index (κ2) is 14.3. The molecule has 0 spiro atoms. The molecule has 45 heavy (non-hydrogen) atoms. The minimum absolute atomic E-state index is 0.0694. The van der Waals surface area contributed by atoms with Gasteiger partial charge in [-0.25, -0.2) is 4.79 Å². The fourth-order valence-electron chi connectivity index (χ4n) is 4.60. The number of benzene rings is 3. The van der Waals surface area contributed by atoms with E-state index in [1.165, 1.54) is 0 Å². The Bertz CT molecular complexity index is 1670. The zero-order valence-corrected chi connectivity index (χ0v) is 26.2. The summed E-state index contributed by atoms with van der Waals surface area (Å²) < 4.78 is 23.1. The molecule has 0 aliphatic heterocycles. The first-order chi connectivity index (χ1) is 21.3. The van der Waals surface area contributed by atoms with Crippen molar-refractivity contribution in [3.05, 3.63) is 89.2 Å². The molecule has 10 heteroatoms. The van der Waals surface area contributed by atoms with E-state index in [1.807, 2.05) is 56.3 Å². The lowest BCUT2D eigenvalue weighted by atomic mass is 9.99. The molecule has 0 fully saturated rings. The smallest absolute Gasteiger partial charge is 0.407 e. The number of carbonyl (C=O) groups is 3. The number of carboxylic acids is 1. The van der Waals surface area contributed by atoms with Crippen LogP contribution in [0.1, 0.15) is 57.1 Å². The molecular weight excluding hydrogens is 576 g/mol. The molecule has 1 aromatic heterocycles. The van der Waals surface area contributed by atoms with E-state index in [1.54, 1.807) is 45.0 Å². The fourth-order valence-corrected chi connectivity index (χ4v) is 4.60. The lowest BCUT2D eigenvalue weighted by Crippen LogP contribution is -2.36. The van der Waals surface area contributed by atoms with E-state index in [-0.39, 0.29) is 32.1 Å². The van der Waals surface area contributed by atoms with Crippen LogP contribution in [0.5, 0.6) is 5.75 Å². The number of carbonyl (C=O) groups excluding carboxylic acids is 2. The summed E-state index contributed by atoms with van der Waals surface area (Å²) in [6.07, 6.45) is -0.672. The van der Waals surface area contributed by atoms with Crippen molar-refractivity contribution in [3.8, 4) is 16.9 Å². The Morgan fingerprint density at radius 3 is 2.42 bits per heavy atom. The summed E-state index contributed by atoms with van der Waals surface area (Å²) in [6, 6.07) is 19.6. The third-order valence-electron chi connectivity index (χ3n) is 6.86. The molecule has 0 aliphatic carbocycles. The van der Waals surface area contributed by atoms with Gasteiger partial charge in [0.25, 0.3) is 0 Å². The summed E-state index contributed by atoms with van der Waals surface area (Å²) in [6.45, 7) is 9.44. The van der Waals surface area contributed by atoms with Crippen molar-refractivity contribution in [3.63, 3.8) is 0 Å². The molecule has 1 atom stereocenters. The number of nitrogens with two attached hydrogens (primary N) is 1. The molecule has 4 N–H and O–H groups in total. The molecule has 238 valence electrons.